The summed E-state index contributed by atoms with van der Waals surface area (Å²) in [5, 5.41) is 0. The third kappa shape index (κ3) is 5.24. The van der Waals surface area contributed by atoms with Crippen molar-refractivity contribution in [1.29, 1.82) is 0 Å². The van der Waals surface area contributed by atoms with Crippen LogP contribution < -0.4 is 11.5 Å². The Hall–Kier alpha value is -0.760. The van der Waals surface area contributed by atoms with Gasteiger partial charge >= 0.3 is 0 Å². The molecule has 0 fully saturated rings. The van der Waals surface area contributed by atoms with Gasteiger partial charge in [0, 0.05) is 12.2 Å². The van der Waals surface area contributed by atoms with Gasteiger partial charge in [-0.2, -0.15) is 0 Å². The fraction of sp³-hybridized carbons (Fsp3) is 0.200. The van der Waals surface area contributed by atoms with Crippen molar-refractivity contribution in [2.75, 3.05) is 6.54 Å². The van der Waals surface area contributed by atoms with E-state index in [-0.39, 0.29) is 0 Å². The molecule has 0 aliphatic carbocycles. The van der Waals surface area contributed by atoms with Crippen LogP contribution in [0.5, 0.6) is 0 Å². The lowest BCUT2D eigenvalue weighted by molar-refractivity contribution is 1.24. The van der Waals surface area contributed by atoms with Crippen molar-refractivity contribution >= 4 is 0 Å². The van der Waals surface area contributed by atoms with E-state index in [0.717, 1.165) is 0 Å². The second-order valence-corrected chi connectivity index (χ2v) is 1.21. The van der Waals surface area contributed by atoms with Gasteiger partial charge in [-0.3, -0.25) is 0 Å². The first kappa shape index (κ1) is 6.24. The summed E-state index contributed by atoms with van der Waals surface area (Å²) in [7, 11) is 0. The zero-order valence-electron chi connectivity index (χ0n) is 4.22. The molecule has 0 saturated carbocycles. The van der Waals surface area contributed by atoms with Crippen LogP contribution in [0.1, 0.15) is 0 Å². The van der Waals surface area contributed by atoms with Crippen LogP contribution in [-0.2, 0) is 0 Å². The molecule has 0 bridgehead atoms. The molecular formula is C5H10N2. The second kappa shape index (κ2) is 3.43. The summed E-state index contributed by atoms with van der Waals surface area (Å²) in [5.41, 5.74) is 10.8. The van der Waals surface area contributed by atoms with Gasteiger partial charge in [-0.25, -0.2) is 0 Å². The number of hydrogen-bond donors (Lipinski definition) is 2. The molecule has 0 aromatic heterocycles. The van der Waals surface area contributed by atoms with Crippen LogP contribution in [0, 0.1) is 0 Å². The third-order valence-corrected chi connectivity index (χ3v) is 0.468. The van der Waals surface area contributed by atoms with Crippen LogP contribution in [-0.4, -0.2) is 6.54 Å². The number of nitrogens with two attached hydrogens (primary N) is 2. The Bertz CT molecular complexity index is 84.1. The molecule has 0 unspecified atom stereocenters. The van der Waals surface area contributed by atoms with Gasteiger partial charge < -0.3 is 11.5 Å². The van der Waals surface area contributed by atoms with E-state index >= 15 is 0 Å². The Morgan fingerprint density at radius 3 is 2.43 bits per heavy atom. The molecule has 0 spiro atoms. The predicted octanol–water partition coefficient (Wildman–Crippen LogP) is -0.0263. The standard InChI is InChI=1S/C5H10N2/c1-5(7)3-2-4-6/h2-3H,1,4,6-7H2/b3-2-. The molecule has 4 N–H and O–H groups in total. The third-order valence-electron chi connectivity index (χ3n) is 0.468. The average molecular weight is 98.1 g/mol. The minimum atomic E-state index is 0.524. The maximum Gasteiger partial charge on any atom is 0.0238 e. The topological polar surface area (TPSA) is 52.0 Å². The lowest BCUT2D eigenvalue weighted by Crippen LogP contribution is -1.95. The zero-order chi connectivity index (χ0) is 5.70. The molecule has 0 saturated heterocycles. The summed E-state index contributed by atoms with van der Waals surface area (Å²) in [4.78, 5) is 0. The summed E-state index contributed by atoms with van der Waals surface area (Å²) < 4.78 is 0. The minimum Gasteiger partial charge on any atom is -0.399 e. The molecule has 0 heterocycles. The average Bonchev–Trinajstić information content (AvgIpc) is 1.61. The van der Waals surface area contributed by atoms with Crippen LogP contribution in [0.25, 0.3) is 0 Å². The van der Waals surface area contributed by atoms with Crippen LogP contribution in [0.2, 0.25) is 0 Å². The first-order valence-corrected chi connectivity index (χ1v) is 2.08. The highest BCUT2D eigenvalue weighted by atomic mass is 14.5. The van der Waals surface area contributed by atoms with E-state index in [1.165, 1.54) is 0 Å². The Morgan fingerprint density at radius 2 is 2.29 bits per heavy atom. The van der Waals surface area contributed by atoms with Gasteiger partial charge in [-0.05, 0) is 6.08 Å². The van der Waals surface area contributed by atoms with Crippen molar-refractivity contribution in [2.24, 2.45) is 11.5 Å². The van der Waals surface area contributed by atoms with E-state index in [4.69, 9.17) is 11.5 Å². The highest BCUT2D eigenvalue weighted by molar-refractivity contribution is 5.09. The normalized spacial score (nSPS) is 9.86. The Kier molecular flexibility index (Phi) is 3.06. The smallest absolute Gasteiger partial charge is 0.0238 e. The fourth-order valence-corrected chi connectivity index (χ4v) is 0.219. The van der Waals surface area contributed by atoms with Gasteiger partial charge in [-0.15, -0.1) is 0 Å². The van der Waals surface area contributed by atoms with Crippen LogP contribution >= 0.6 is 0 Å². The van der Waals surface area contributed by atoms with Crippen molar-refractivity contribution in [3.63, 3.8) is 0 Å². The maximum atomic E-state index is 5.14. The highest BCUT2D eigenvalue weighted by Gasteiger charge is 1.67. The summed E-state index contributed by atoms with van der Waals surface area (Å²) in [6, 6.07) is 0. The molecular weight excluding hydrogens is 88.1 g/mol. The van der Waals surface area contributed by atoms with Gasteiger partial charge in [-0.1, -0.05) is 12.7 Å². The molecule has 40 valence electrons. The van der Waals surface area contributed by atoms with Gasteiger partial charge in [0.1, 0.15) is 0 Å². The van der Waals surface area contributed by atoms with Crippen molar-refractivity contribution < 1.29 is 0 Å². The van der Waals surface area contributed by atoms with E-state index in [1.54, 1.807) is 12.2 Å². The SMILES string of the molecule is C=C(N)/C=C\CN. The summed E-state index contributed by atoms with van der Waals surface area (Å²) >= 11 is 0. The first-order valence-electron chi connectivity index (χ1n) is 2.08. The second-order valence-electron chi connectivity index (χ2n) is 1.21. The lowest BCUT2D eigenvalue weighted by atomic mass is 10.4. The molecule has 0 rings (SSSR count). The van der Waals surface area contributed by atoms with Crippen LogP contribution in [0.15, 0.2) is 24.4 Å². The Balaban J connectivity index is 3.26. The van der Waals surface area contributed by atoms with Gasteiger partial charge in [0.05, 0.1) is 0 Å². The molecule has 0 radical (unpaired) electrons. The summed E-state index contributed by atoms with van der Waals surface area (Å²) in [6.07, 6.45) is 3.43. The molecule has 0 aromatic carbocycles. The maximum absolute atomic E-state index is 5.14. The molecule has 2 heteroatoms. The largest absolute Gasteiger partial charge is 0.399 e. The van der Waals surface area contributed by atoms with Gasteiger partial charge in [0.25, 0.3) is 0 Å². The minimum absolute atomic E-state index is 0.524. The van der Waals surface area contributed by atoms with E-state index in [9.17, 15) is 0 Å². The molecule has 0 amide bonds. The monoisotopic (exact) mass is 98.1 g/mol. The molecule has 0 aliphatic heterocycles. The van der Waals surface area contributed by atoms with E-state index < -0.39 is 0 Å². The predicted molar refractivity (Wildman–Crippen MR) is 31.5 cm³/mol. The Labute approximate surface area is 43.5 Å². The zero-order valence-corrected chi connectivity index (χ0v) is 4.22. The highest BCUT2D eigenvalue weighted by Crippen LogP contribution is 1.76. The molecule has 0 aliphatic rings. The summed E-state index contributed by atoms with van der Waals surface area (Å²) in [6.45, 7) is 3.95. The molecule has 0 aromatic rings. The molecule has 2 nitrogen and oxygen atoms in total. The van der Waals surface area contributed by atoms with Crippen molar-refractivity contribution in [3.05, 3.63) is 24.4 Å². The molecule has 0 atom stereocenters. The lowest BCUT2D eigenvalue weighted by Gasteiger charge is -1.81. The van der Waals surface area contributed by atoms with Crippen molar-refractivity contribution in [3.8, 4) is 0 Å². The number of hydrogen-bond acceptors (Lipinski definition) is 2. The van der Waals surface area contributed by atoms with Crippen LogP contribution in [0.4, 0.5) is 0 Å². The summed E-state index contributed by atoms with van der Waals surface area (Å²) in [5.74, 6) is 0. The van der Waals surface area contributed by atoms with Gasteiger partial charge in [0.2, 0.25) is 0 Å². The van der Waals surface area contributed by atoms with Crippen LogP contribution in [0.3, 0.4) is 0 Å². The van der Waals surface area contributed by atoms with Crippen molar-refractivity contribution in [1.82, 2.24) is 0 Å². The number of allylic oxidation sites excluding steroid dienone is 1. The fourth-order valence-electron chi connectivity index (χ4n) is 0.219. The van der Waals surface area contributed by atoms with E-state index in [1.807, 2.05) is 0 Å². The van der Waals surface area contributed by atoms with E-state index in [0.29, 0.717) is 12.2 Å². The first-order chi connectivity index (χ1) is 3.27. The number of rotatable bonds is 2. The Morgan fingerprint density at radius 1 is 1.71 bits per heavy atom. The quantitative estimate of drug-likeness (QED) is 0.477. The van der Waals surface area contributed by atoms with E-state index in [2.05, 4.69) is 6.58 Å². The van der Waals surface area contributed by atoms with Crippen molar-refractivity contribution in [2.45, 2.75) is 0 Å². The van der Waals surface area contributed by atoms with Gasteiger partial charge in [0.15, 0.2) is 0 Å². The molecule has 7 heavy (non-hydrogen) atoms.